The second-order valence-corrected chi connectivity index (χ2v) is 5.53. The summed E-state index contributed by atoms with van der Waals surface area (Å²) >= 11 is 1.51. The summed E-state index contributed by atoms with van der Waals surface area (Å²) in [5.41, 5.74) is 6.48. The van der Waals surface area contributed by atoms with Crippen LogP contribution in [0.1, 0.15) is 23.0 Å². The van der Waals surface area contributed by atoms with Gasteiger partial charge < -0.3 is 10.6 Å². The van der Waals surface area contributed by atoms with Crippen molar-refractivity contribution < 1.29 is 4.79 Å². The molecule has 3 nitrogen and oxygen atoms in total. The fraction of sp³-hybridized carbons (Fsp3) is 0.267. The number of hydrogen-bond acceptors (Lipinski definition) is 3. The lowest BCUT2D eigenvalue weighted by Gasteiger charge is -2.19. The van der Waals surface area contributed by atoms with Crippen molar-refractivity contribution >= 4 is 33.0 Å². The zero-order valence-electron chi connectivity index (χ0n) is 11.1. The molecule has 0 spiro atoms. The van der Waals surface area contributed by atoms with Crippen LogP contribution in [0.5, 0.6) is 0 Å². The molecule has 0 aliphatic carbocycles. The largest absolute Gasteiger partial charge is 0.399 e. The second-order valence-electron chi connectivity index (χ2n) is 4.45. The van der Waals surface area contributed by atoms with Gasteiger partial charge in [-0.3, -0.25) is 4.79 Å². The second kappa shape index (κ2) is 5.89. The average molecular weight is 274 g/mol. The van der Waals surface area contributed by atoms with Gasteiger partial charge in [0.25, 0.3) is 5.91 Å². The van der Waals surface area contributed by atoms with Crippen molar-refractivity contribution in [3.63, 3.8) is 0 Å². The number of nitrogen functional groups attached to an aromatic ring is 1. The lowest BCUT2D eigenvalue weighted by molar-refractivity contribution is 0.0779. The van der Waals surface area contributed by atoms with Crippen LogP contribution in [0.2, 0.25) is 0 Å². The van der Waals surface area contributed by atoms with Crippen LogP contribution in [0.3, 0.4) is 0 Å². The van der Waals surface area contributed by atoms with Crippen LogP contribution in [0, 0.1) is 0 Å². The fourth-order valence-corrected chi connectivity index (χ4v) is 3.04. The van der Waals surface area contributed by atoms with E-state index in [2.05, 4.69) is 13.5 Å². The molecule has 4 heteroatoms. The minimum Gasteiger partial charge on any atom is -0.399 e. The average Bonchev–Trinajstić information content (AvgIpc) is 2.80. The SMILES string of the molecule is C=CCN(CCC)C(=O)c1cc2cc(N)ccc2s1. The van der Waals surface area contributed by atoms with Gasteiger partial charge in [-0.15, -0.1) is 17.9 Å². The summed E-state index contributed by atoms with van der Waals surface area (Å²) in [5.74, 6) is 0.0709. The van der Waals surface area contributed by atoms with E-state index in [1.807, 2.05) is 29.2 Å². The van der Waals surface area contributed by atoms with E-state index >= 15 is 0 Å². The summed E-state index contributed by atoms with van der Waals surface area (Å²) in [7, 11) is 0. The van der Waals surface area contributed by atoms with E-state index in [1.165, 1.54) is 11.3 Å². The van der Waals surface area contributed by atoms with Crippen molar-refractivity contribution in [2.45, 2.75) is 13.3 Å². The Hall–Kier alpha value is -1.81. The quantitative estimate of drug-likeness (QED) is 0.670. The monoisotopic (exact) mass is 274 g/mol. The van der Waals surface area contributed by atoms with Gasteiger partial charge >= 0.3 is 0 Å². The third-order valence-electron chi connectivity index (χ3n) is 2.88. The molecule has 0 aliphatic rings. The van der Waals surface area contributed by atoms with Crippen LogP contribution in [0.15, 0.2) is 36.9 Å². The molecule has 0 fully saturated rings. The molecule has 1 aromatic carbocycles. The van der Waals surface area contributed by atoms with E-state index < -0.39 is 0 Å². The molecule has 0 saturated carbocycles. The highest BCUT2D eigenvalue weighted by Gasteiger charge is 2.16. The number of anilines is 1. The topological polar surface area (TPSA) is 46.3 Å². The predicted molar refractivity (Wildman–Crippen MR) is 82.6 cm³/mol. The summed E-state index contributed by atoms with van der Waals surface area (Å²) in [6, 6.07) is 7.65. The van der Waals surface area contributed by atoms with E-state index in [1.54, 1.807) is 6.08 Å². The molecule has 19 heavy (non-hydrogen) atoms. The van der Waals surface area contributed by atoms with Crippen molar-refractivity contribution in [3.8, 4) is 0 Å². The Balaban J connectivity index is 2.31. The minimum atomic E-state index is 0.0709. The number of benzene rings is 1. The molecule has 0 bridgehead atoms. The van der Waals surface area contributed by atoms with Crippen molar-refractivity contribution in [2.75, 3.05) is 18.8 Å². The number of hydrogen-bond donors (Lipinski definition) is 1. The van der Waals surface area contributed by atoms with Crippen LogP contribution in [0.25, 0.3) is 10.1 Å². The number of carbonyl (C=O) groups is 1. The maximum Gasteiger partial charge on any atom is 0.264 e. The number of amides is 1. The number of thiophene rings is 1. The maximum atomic E-state index is 12.4. The molecule has 1 amide bonds. The molecule has 0 unspecified atom stereocenters. The summed E-state index contributed by atoms with van der Waals surface area (Å²) in [5, 5.41) is 1.03. The zero-order chi connectivity index (χ0) is 13.8. The van der Waals surface area contributed by atoms with Crippen LogP contribution in [-0.2, 0) is 0 Å². The van der Waals surface area contributed by atoms with Gasteiger partial charge in [-0.1, -0.05) is 13.0 Å². The first-order valence-electron chi connectivity index (χ1n) is 6.35. The standard InChI is InChI=1S/C15H18N2OS/c1-3-7-17(8-4-2)15(18)14-10-11-9-12(16)5-6-13(11)19-14/h3,5-6,9-10H,1,4,7-8,16H2,2H3. The van der Waals surface area contributed by atoms with E-state index in [-0.39, 0.29) is 5.91 Å². The van der Waals surface area contributed by atoms with Crippen molar-refractivity contribution in [1.82, 2.24) is 4.90 Å². The molecule has 2 aromatic rings. The molecule has 0 aliphatic heterocycles. The van der Waals surface area contributed by atoms with E-state index in [0.717, 1.165) is 33.6 Å². The minimum absolute atomic E-state index is 0.0709. The molecule has 1 aromatic heterocycles. The molecule has 0 radical (unpaired) electrons. The molecule has 0 atom stereocenters. The smallest absolute Gasteiger partial charge is 0.264 e. The Morgan fingerprint density at radius 1 is 1.47 bits per heavy atom. The molecular formula is C15H18N2OS. The van der Waals surface area contributed by atoms with E-state index in [9.17, 15) is 4.79 Å². The highest BCUT2D eigenvalue weighted by Crippen LogP contribution is 2.28. The van der Waals surface area contributed by atoms with Gasteiger partial charge in [0.15, 0.2) is 0 Å². The first-order chi connectivity index (χ1) is 9.15. The van der Waals surface area contributed by atoms with Crippen molar-refractivity contribution in [3.05, 3.63) is 41.8 Å². The molecular weight excluding hydrogens is 256 g/mol. The zero-order valence-corrected chi connectivity index (χ0v) is 11.9. The third kappa shape index (κ3) is 2.96. The highest BCUT2D eigenvalue weighted by atomic mass is 32.1. The summed E-state index contributed by atoms with van der Waals surface area (Å²) in [6.07, 6.45) is 2.70. The number of fused-ring (bicyclic) bond motifs is 1. The molecule has 1 heterocycles. The van der Waals surface area contributed by atoms with Gasteiger partial charge in [0.1, 0.15) is 0 Å². The third-order valence-corrected chi connectivity index (χ3v) is 3.99. The first kappa shape index (κ1) is 13.6. The lowest BCUT2D eigenvalue weighted by Crippen LogP contribution is -2.31. The Morgan fingerprint density at radius 3 is 2.95 bits per heavy atom. The summed E-state index contributed by atoms with van der Waals surface area (Å²) in [4.78, 5) is 15.0. The number of rotatable bonds is 5. The Bertz CT molecular complexity index is 603. The molecule has 2 rings (SSSR count). The summed E-state index contributed by atoms with van der Waals surface area (Å²) < 4.78 is 1.09. The summed E-state index contributed by atoms with van der Waals surface area (Å²) in [6.45, 7) is 7.11. The fourth-order valence-electron chi connectivity index (χ4n) is 2.02. The van der Waals surface area contributed by atoms with Gasteiger partial charge in [0.05, 0.1) is 4.88 Å². The molecule has 2 N–H and O–H groups in total. The number of carbonyl (C=O) groups excluding carboxylic acids is 1. The van der Waals surface area contributed by atoms with Gasteiger partial charge in [0, 0.05) is 23.5 Å². The highest BCUT2D eigenvalue weighted by molar-refractivity contribution is 7.20. The van der Waals surface area contributed by atoms with E-state index in [4.69, 9.17) is 5.73 Å². The molecule has 100 valence electrons. The number of nitrogens with zero attached hydrogens (tertiary/aromatic N) is 1. The van der Waals surface area contributed by atoms with Gasteiger partial charge in [0.2, 0.25) is 0 Å². The first-order valence-corrected chi connectivity index (χ1v) is 7.16. The van der Waals surface area contributed by atoms with Crippen LogP contribution in [-0.4, -0.2) is 23.9 Å². The van der Waals surface area contributed by atoms with Gasteiger partial charge in [-0.25, -0.2) is 0 Å². The lowest BCUT2D eigenvalue weighted by atomic mass is 10.2. The van der Waals surface area contributed by atoms with Crippen molar-refractivity contribution in [2.24, 2.45) is 0 Å². The van der Waals surface area contributed by atoms with Crippen LogP contribution >= 0.6 is 11.3 Å². The Labute approximate surface area is 117 Å². The van der Waals surface area contributed by atoms with Gasteiger partial charge in [-0.05, 0) is 36.1 Å². The van der Waals surface area contributed by atoms with Gasteiger partial charge in [-0.2, -0.15) is 0 Å². The van der Waals surface area contributed by atoms with Crippen LogP contribution < -0.4 is 5.73 Å². The van der Waals surface area contributed by atoms with E-state index in [0.29, 0.717) is 6.54 Å². The van der Waals surface area contributed by atoms with Crippen LogP contribution in [0.4, 0.5) is 5.69 Å². The maximum absolute atomic E-state index is 12.4. The number of nitrogens with two attached hydrogens (primary N) is 1. The predicted octanol–water partition coefficient (Wildman–Crippen LogP) is 3.52. The normalized spacial score (nSPS) is 10.6. The Kier molecular flexibility index (Phi) is 4.22. The Morgan fingerprint density at radius 2 is 2.26 bits per heavy atom. The molecule has 0 saturated heterocycles. The van der Waals surface area contributed by atoms with Crippen molar-refractivity contribution in [1.29, 1.82) is 0 Å².